The summed E-state index contributed by atoms with van der Waals surface area (Å²) in [6.45, 7) is 0. The third-order valence-corrected chi connectivity index (χ3v) is 7.71. The Hall–Kier alpha value is -1.95. The maximum Gasteiger partial charge on any atom is 0.253 e. The van der Waals surface area contributed by atoms with Gasteiger partial charge in [0.2, 0.25) is 5.91 Å². The number of carbonyl (C=O) groups excluding carboxylic acids is 3. The predicted molar refractivity (Wildman–Crippen MR) is 113 cm³/mol. The minimum Gasteiger partial charge on any atom is -0.370 e. The fourth-order valence-corrected chi connectivity index (χ4v) is 6.31. The second-order valence-electron chi connectivity index (χ2n) is 9.54. The number of aliphatic hydroxyl groups is 1. The van der Waals surface area contributed by atoms with Crippen LogP contribution in [0, 0.1) is 5.41 Å². The highest BCUT2D eigenvalue weighted by Crippen LogP contribution is 2.49. The highest BCUT2D eigenvalue weighted by molar-refractivity contribution is 6.13. The van der Waals surface area contributed by atoms with E-state index < -0.39 is 6.23 Å². The lowest BCUT2D eigenvalue weighted by Crippen LogP contribution is -2.56. The van der Waals surface area contributed by atoms with E-state index in [2.05, 4.69) is 0 Å². The molecule has 4 atom stereocenters. The Morgan fingerprint density at radius 2 is 1.40 bits per heavy atom. The summed E-state index contributed by atoms with van der Waals surface area (Å²) < 4.78 is 0. The first-order valence-corrected chi connectivity index (χ1v) is 11.8. The van der Waals surface area contributed by atoms with Gasteiger partial charge in [0.1, 0.15) is 6.23 Å². The van der Waals surface area contributed by atoms with E-state index in [0.717, 1.165) is 57.8 Å². The van der Waals surface area contributed by atoms with Gasteiger partial charge in [-0.3, -0.25) is 19.3 Å². The summed E-state index contributed by atoms with van der Waals surface area (Å²) in [4.78, 5) is 40.6. The molecule has 4 unspecified atom stereocenters. The molecule has 0 aromatic heterocycles. The van der Waals surface area contributed by atoms with Crippen LogP contribution >= 0.6 is 0 Å². The molecule has 6 nitrogen and oxygen atoms in total. The van der Waals surface area contributed by atoms with Crippen LogP contribution in [0.4, 0.5) is 0 Å². The third kappa shape index (κ3) is 4.11. The first kappa shape index (κ1) is 21.3. The first-order valence-electron chi connectivity index (χ1n) is 11.8. The molecule has 0 radical (unpaired) electrons. The molecule has 0 aromatic carbocycles. The summed E-state index contributed by atoms with van der Waals surface area (Å²) >= 11 is 0. The molecule has 2 fully saturated rings. The lowest BCUT2D eigenvalue weighted by Gasteiger charge is -2.51. The molecule has 2 aliphatic carbocycles. The monoisotopic (exact) mass is 414 g/mol. The molecule has 6 heteroatoms. The largest absolute Gasteiger partial charge is 0.370 e. The molecule has 3 amide bonds. The maximum absolute atomic E-state index is 12.7. The number of nitrogens with zero attached hydrogens (tertiary/aromatic N) is 2. The van der Waals surface area contributed by atoms with E-state index in [1.165, 1.54) is 48.8 Å². The van der Waals surface area contributed by atoms with Crippen LogP contribution in [-0.4, -0.2) is 50.9 Å². The van der Waals surface area contributed by atoms with Gasteiger partial charge in [0.05, 0.1) is 0 Å². The van der Waals surface area contributed by atoms with Gasteiger partial charge in [-0.05, 0) is 43.6 Å². The minimum absolute atomic E-state index is 0.0586. The molecule has 4 aliphatic rings. The van der Waals surface area contributed by atoms with E-state index in [1.807, 2.05) is 0 Å². The van der Waals surface area contributed by atoms with Gasteiger partial charge >= 0.3 is 0 Å². The Balaban J connectivity index is 1.65. The van der Waals surface area contributed by atoms with Crippen LogP contribution in [-0.2, 0) is 14.4 Å². The van der Waals surface area contributed by atoms with Gasteiger partial charge in [-0.1, -0.05) is 51.4 Å². The molecular formula is C24H34N2O4. The molecule has 30 heavy (non-hydrogen) atoms. The van der Waals surface area contributed by atoms with Crippen molar-refractivity contribution in [3.63, 3.8) is 0 Å². The Kier molecular flexibility index (Phi) is 6.42. The van der Waals surface area contributed by atoms with Crippen molar-refractivity contribution in [2.45, 2.75) is 102 Å². The van der Waals surface area contributed by atoms with Gasteiger partial charge in [0, 0.05) is 30.3 Å². The van der Waals surface area contributed by atoms with Crippen molar-refractivity contribution in [3.05, 3.63) is 24.3 Å². The topological polar surface area (TPSA) is 77.9 Å². The van der Waals surface area contributed by atoms with Crippen molar-refractivity contribution in [1.29, 1.82) is 0 Å². The Morgan fingerprint density at radius 1 is 0.767 bits per heavy atom. The van der Waals surface area contributed by atoms with E-state index in [0.29, 0.717) is 0 Å². The van der Waals surface area contributed by atoms with Crippen LogP contribution in [0.2, 0.25) is 0 Å². The zero-order valence-electron chi connectivity index (χ0n) is 17.8. The molecule has 0 bridgehead atoms. The van der Waals surface area contributed by atoms with Gasteiger partial charge in [-0.2, -0.15) is 0 Å². The molecule has 2 heterocycles. The SMILES string of the molecule is O=C1C=CC(=O)N1C1CCCC2(CCCCCCCCCC2N2C(=O)C=CC2O)C1. The van der Waals surface area contributed by atoms with Crippen molar-refractivity contribution >= 4 is 17.7 Å². The van der Waals surface area contributed by atoms with Crippen LogP contribution in [0.25, 0.3) is 0 Å². The average Bonchev–Trinajstić information content (AvgIpc) is 3.22. The van der Waals surface area contributed by atoms with E-state index in [4.69, 9.17) is 0 Å². The molecule has 2 saturated carbocycles. The summed E-state index contributed by atoms with van der Waals surface area (Å²) in [5.41, 5.74) is -0.168. The number of amides is 3. The van der Waals surface area contributed by atoms with Crippen LogP contribution < -0.4 is 0 Å². The molecule has 2 aliphatic heterocycles. The molecule has 0 saturated heterocycles. The fraction of sp³-hybridized carbons (Fsp3) is 0.708. The molecule has 1 spiro atoms. The molecule has 164 valence electrons. The number of aliphatic hydroxyl groups excluding tert-OH is 1. The highest BCUT2D eigenvalue weighted by atomic mass is 16.3. The molecule has 1 N–H and O–H groups in total. The van der Waals surface area contributed by atoms with E-state index >= 15 is 0 Å². The summed E-state index contributed by atoms with van der Waals surface area (Å²) in [5, 5.41) is 10.6. The standard InChI is InChI=1S/C24H34N2O4/c27-20-11-12-21(28)25(20)18-9-8-16-24(17-18)15-7-5-3-1-2-4-6-10-19(24)26-22(29)13-14-23(26)30/h11-14,18-19,22,29H,1-10,15-17H2. The second kappa shape index (κ2) is 9.04. The van der Waals surface area contributed by atoms with Crippen molar-refractivity contribution in [2.24, 2.45) is 5.41 Å². The Bertz CT molecular complexity index is 727. The van der Waals surface area contributed by atoms with E-state index in [9.17, 15) is 19.5 Å². The fourth-order valence-electron chi connectivity index (χ4n) is 6.31. The maximum atomic E-state index is 12.7. The lowest BCUT2D eigenvalue weighted by molar-refractivity contribution is -0.148. The highest BCUT2D eigenvalue weighted by Gasteiger charge is 2.49. The van der Waals surface area contributed by atoms with Crippen molar-refractivity contribution < 1.29 is 19.5 Å². The zero-order chi connectivity index (χ0) is 21.1. The third-order valence-electron chi connectivity index (χ3n) is 7.71. The zero-order valence-corrected chi connectivity index (χ0v) is 17.8. The first-order chi connectivity index (χ1) is 14.5. The predicted octanol–water partition coefficient (Wildman–Crippen LogP) is 3.45. The van der Waals surface area contributed by atoms with Gasteiger partial charge in [0.25, 0.3) is 11.8 Å². The summed E-state index contributed by atoms with van der Waals surface area (Å²) in [6.07, 6.45) is 18.4. The smallest absolute Gasteiger partial charge is 0.253 e. The number of hydrogen-bond acceptors (Lipinski definition) is 4. The normalized spacial score (nSPS) is 36.0. The number of rotatable bonds is 2. The number of hydrogen-bond donors (Lipinski definition) is 1. The molecule has 4 rings (SSSR count). The van der Waals surface area contributed by atoms with Gasteiger partial charge in [0.15, 0.2) is 0 Å². The lowest BCUT2D eigenvalue weighted by atomic mass is 9.63. The summed E-state index contributed by atoms with van der Waals surface area (Å²) in [7, 11) is 0. The Labute approximate surface area is 179 Å². The van der Waals surface area contributed by atoms with Crippen LogP contribution in [0.5, 0.6) is 0 Å². The Morgan fingerprint density at radius 3 is 2.07 bits per heavy atom. The minimum atomic E-state index is -0.874. The van der Waals surface area contributed by atoms with Gasteiger partial charge in [-0.25, -0.2) is 0 Å². The number of imide groups is 1. The molecule has 0 aromatic rings. The van der Waals surface area contributed by atoms with Gasteiger partial charge < -0.3 is 10.0 Å². The average molecular weight is 415 g/mol. The summed E-state index contributed by atoms with van der Waals surface area (Å²) in [6, 6.07) is -0.180. The van der Waals surface area contributed by atoms with Crippen molar-refractivity contribution in [3.8, 4) is 0 Å². The molecular weight excluding hydrogens is 380 g/mol. The van der Waals surface area contributed by atoms with Crippen molar-refractivity contribution in [1.82, 2.24) is 9.80 Å². The van der Waals surface area contributed by atoms with E-state index in [1.54, 1.807) is 11.0 Å². The quantitative estimate of drug-likeness (QED) is 0.702. The van der Waals surface area contributed by atoms with Crippen LogP contribution in [0.1, 0.15) is 83.5 Å². The van der Waals surface area contributed by atoms with E-state index in [-0.39, 0.29) is 35.2 Å². The number of carbonyl (C=O) groups is 3. The van der Waals surface area contributed by atoms with Gasteiger partial charge in [-0.15, -0.1) is 0 Å². The van der Waals surface area contributed by atoms with Crippen LogP contribution in [0.15, 0.2) is 24.3 Å². The second-order valence-corrected chi connectivity index (χ2v) is 9.54. The van der Waals surface area contributed by atoms with Crippen molar-refractivity contribution in [2.75, 3.05) is 0 Å². The summed E-state index contributed by atoms with van der Waals surface area (Å²) in [5.74, 6) is -0.540. The van der Waals surface area contributed by atoms with Crippen LogP contribution in [0.3, 0.4) is 0 Å².